The van der Waals surface area contributed by atoms with Crippen LogP contribution in [-0.4, -0.2) is 10.9 Å². The summed E-state index contributed by atoms with van der Waals surface area (Å²) in [5.41, 5.74) is 3.08. The first-order chi connectivity index (χ1) is 7.27. The average Bonchev–Trinajstić information content (AvgIpc) is 2.84. The molecule has 6 heteroatoms. The number of carbonyl (C=O) groups is 1. The zero-order chi connectivity index (χ0) is 10.7. The molecule has 1 amide bonds. The number of rotatable bonds is 3. The monoisotopic (exact) mass is 286 g/mol. The Bertz CT molecular complexity index is 452. The molecule has 4 nitrogen and oxygen atoms in total. The maximum absolute atomic E-state index is 11.6. The number of nitrogens with zero attached hydrogens (tertiary/aromatic N) is 1. The first-order valence-corrected chi connectivity index (χ1v) is 5.89. The number of halogens is 1. The third-order valence-electron chi connectivity index (χ3n) is 1.78. The molecule has 15 heavy (non-hydrogen) atoms. The summed E-state index contributed by atoms with van der Waals surface area (Å²) in [7, 11) is 0. The Balaban J connectivity index is 1.96. The van der Waals surface area contributed by atoms with Crippen molar-refractivity contribution in [2.45, 2.75) is 6.54 Å². The van der Waals surface area contributed by atoms with Crippen molar-refractivity contribution in [1.29, 1.82) is 0 Å². The van der Waals surface area contributed by atoms with Crippen LogP contribution >= 0.6 is 27.3 Å². The van der Waals surface area contributed by atoms with Crippen LogP contribution in [0.15, 0.2) is 32.3 Å². The van der Waals surface area contributed by atoms with Gasteiger partial charge in [0.1, 0.15) is 0 Å². The minimum absolute atomic E-state index is 0.177. The maximum Gasteiger partial charge on any atom is 0.256 e. The van der Waals surface area contributed by atoms with Gasteiger partial charge in [0.05, 0.1) is 29.6 Å². The first kappa shape index (κ1) is 10.4. The molecule has 0 fully saturated rings. The van der Waals surface area contributed by atoms with Crippen molar-refractivity contribution in [1.82, 2.24) is 10.3 Å². The number of aromatic nitrogens is 1. The van der Waals surface area contributed by atoms with E-state index in [1.165, 1.54) is 17.6 Å². The molecule has 0 radical (unpaired) electrons. The Hall–Kier alpha value is -1.14. The topological polar surface area (TPSA) is 55.1 Å². The molecule has 78 valence electrons. The highest BCUT2D eigenvalue weighted by atomic mass is 79.9. The van der Waals surface area contributed by atoms with Gasteiger partial charge in [-0.1, -0.05) is 0 Å². The fraction of sp³-hybridized carbons (Fsp3) is 0.111. The molecule has 0 aliphatic heterocycles. The largest absolute Gasteiger partial charge is 0.457 e. The second kappa shape index (κ2) is 4.59. The van der Waals surface area contributed by atoms with Gasteiger partial charge < -0.3 is 9.73 Å². The first-order valence-electron chi connectivity index (χ1n) is 4.15. The van der Waals surface area contributed by atoms with E-state index in [2.05, 4.69) is 26.2 Å². The van der Waals surface area contributed by atoms with E-state index in [1.807, 2.05) is 5.38 Å². The zero-order valence-corrected chi connectivity index (χ0v) is 9.97. The van der Waals surface area contributed by atoms with E-state index >= 15 is 0 Å². The molecule has 0 spiro atoms. The molecule has 0 saturated heterocycles. The Kier molecular flexibility index (Phi) is 3.17. The van der Waals surface area contributed by atoms with Crippen LogP contribution in [0.25, 0.3) is 0 Å². The van der Waals surface area contributed by atoms with Crippen molar-refractivity contribution in [3.63, 3.8) is 0 Å². The predicted octanol–water partition coefficient (Wildman–Crippen LogP) is 2.43. The predicted molar refractivity (Wildman–Crippen MR) is 59.7 cm³/mol. The average molecular weight is 287 g/mol. The molecule has 0 aliphatic carbocycles. The quantitative estimate of drug-likeness (QED) is 0.943. The van der Waals surface area contributed by atoms with Crippen LogP contribution in [0.2, 0.25) is 0 Å². The van der Waals surface area contributed by atoms with Crippen LogP contribution in [0.4, 0.5) is 0 Å². The third kappa shape index (κ3) is 2.45. The van der Waals surface area contributed by atoms with Crippen molar-refractivity contribution in [2.75, 3.05) is 0 Å². The lowest BCUT2D eigenvalue weighted by molar-refractivity contribution is 0.0949. The van der Waals surface area contributed by atoms with Gasteiger partial charge in [0.15, 0.2) is 4.67 Å². The number of carbonyl (C=O) groups excluding carboxylic acids is 1. The number of thiazole rings is 1. The summed E-state index contributed by atoms with van der Waals surface area (Å²) in [4.78, 5) is 15.7. The second-order valence-corrected chi connectivity index (χ2v) is 4.21. The van der Waals surface area contributed by atoms with Crippen LogP contribution < -0.4 is 5.32 Å². The number of furan rings is 1. The molecular weight excluding hydrogens is 280 g/mol. The fourth-order valence-electron chi connectivity index (χ4n) is 1.05. The maximum atomic E-state index is 11.6. The van der Waals surface area contributed by atoms with Gasteiger partial charge in [-0.05, 0) is 22.0 Å². The minimum Gasteiger partial charge on any atom is -0.457 e. The van der Waals surface area contributed by atoms with Crippen LogP contribution in [0, 0.1) is 0 Å². The summed E-state index contributed by atoms with van der Waals surface area (Å²) in [5, 5.41) is 4.64. The molecule has 2 heterocycles. The van der Waals surface area contributed by atoms with Gasteiger partial charge in [-0.15, -0.1) is 11.3 Å². The fourth-order valence-corrected chi connectivity index (χ4v) is 2.03. The molecule has 2 aromatic heterocycles. The Morgan fingerprint density at radius 1 is 1.67 bits per heavy atom. The molecule has 1 N–H and O–H groups in total. The summed E-state index contributed by atoms with van der Waals surface area (Å²) >= 11 is 4.65. The minimum atomic E-state index is -0.177. The van der Waals surface area contributed by atoms with Gasteiger partial charge in [-0.25, -0.2) is 4.98 Å². The Morgan fingerprint density at radius 3 is 3.13 bits per heavy atom. The SMILES string of the molecule is O=C(NCc1cscn1)c1ccoc1Br. The van der Waals surface area contributed by atoms with Crippen LogP contribution in [0.1, 0.15) is 16.1 Å². The van der Waals surface area contributed by atoms with Crippen LogP contribution in [0.5, 0.6) is 0 Å². The van der Waals surface area contributed by atoms with E-state index < -0.39 is 0 Å². The highest BCUT2D eigenvalue weighted by Gasteiger charge is 2.11. The molecule has 0 atom stereocenters. The summed E-state index contributed by atoms with van der Waals surface area (Å²) in [6, 6.07) is 1.61. The molecule has 0 aromatic carbocycles. The molecule has 0 aliphatic rings. The van der Waals surface area contributed by atoms with Crippen LogP contribution in [-0.2, 0) is 6.54 Å². The van der Waals surface area contributed by atoms with Crippen molar-refractivity contribution < 1.29 is 9.21 Å². The lowest BCUT2D eigenvalue weighted by Gasteiger charge is -2.00. The van der Waals surface area contributed by atoms with E-state index in [1.54, 1.807) is 11.6 Å². The van der Waals surface area contributed by atoms with Crippen molar-refractivity contribution in [3.05, 3.63) is 39.1 Å². The zero-order valence-electron chi connectivity index (χ0n) is 7.57. The van der Waals surface area contributed by atoms with Gasteiger partial charge in [-0.2, -0.15) is 0 Å². The molecule has 2 rings (SSSR count). The summed E-state index contributed by atoms with van der Waals surface area (Å²) in [6.07, 6.45) is 1.46. The normalized spacial score (nSPS) is 10.2. The number of hydrogen-bond donors (Lipinski definition) is 1. The lowest BCUT2D eigenvalue weighted by Crippen LogP contribution is -2.22. The molecular formula is C9H7BrN2O2S. The Labute approximate surface area is 98.5 Å². The summed E-state index contributed by atoms with van der Waals surface area (Å²) in [5.74, 6) is -0.177. The number of amides is 1. The van der Waals surface area contributed by atoms with Crippen molar-refractivity contribution in [3.8, 4) is 0 Å². The molecule has 2 aromatic rings. The summed E-state index contributed by atoms with van der Waals surface area (Å²) < 4.78 is 5.41. The van der Waals surface area contributed by atoms with Gasteiger partial charge in [0.25, 0.3) is 5.91 Å². The van der Waals surface area contributed by atoms with E-state index in [0.29, 0.717) is 16.8 Å². The van der Waals surface area contributed by atoms with E-state index in [4.69, 9.17) is 4.42 Å². The van der Waals surface area contributed by atoms with E-state index in [9.17, 15) is 4.79 Å². The Morgan fingerprint density at radius 2 is 2.53 bits per heavy atom. The van der Waals surface area contributed by atoms with Gasteiger partial charge >= 0.3 is 0 Å². The van der Waals surface area contributed by atoms with Gasteiger partial charge in [-0.3, -0.25) is 4.79 Å². The lowest BCUT2D eigenvalue weighted by atomic mass is 10.3. The highest BCUT2D eigenvalue weighted by molar-refractivity contribution is 9.10. The standard InChI is InChI=1S/C9H7BrN2O2S/c10-8-7(1-2-14-8)9(13)11-3-6-4-15-5-12-6/h1-2,4-5H,3H2,(H,11,13). The van der Waals surface area contributed by atoms with E-state index in [0.717, 1.165) is 5.69 Å². The molecule has 0 saturated carbocycles. The highest BCUT2D eigenvalue weighted by Crippen LogP contribution is 2.17. The number of hydrogen-bond acceptors (Lipinski definition) is 4. The third-order valence-corrected chi connectivity index (χ3v) is 3.03. The van der Waals surface area contributed by atoms with Crippen molar-refractivity contribution in [2.24, 2.45) is 0 Å². The summed E-state index contributed by atoms with van der Waals surface area (Å²) in [6.45, 7) is 0.431. The second-order valence-electron chi connectivity index (χ2n) is 2.77. The smallest absolute Gasteiger partial charge is 0.256 e. The van der Waals surface area contributed by atoms with Gasteiger partial charge in [0, 0.05) is 5.38 Å². The van der Waals surface area contributed by atoms with Gasteiger partial charge in [0.2, 0.25) is 0 Å². The van der Waals surface area contributed by atoms with Crippen molar-refractivity contribution >= 4 is 33.2 Å². The molecule has 0 bridgehead atoms. The van der Waals surface area contributed by atoms with E-state index in [-0.39, 0.29) is 5.91 Å². The number of nitrogens with one attached hydrogen (secondary N) is 1. The molecule has 0 unspecified atom stereocenters. The van der Waals surface area contributed by atoms with Crippen LogP contribution in [0.3, 0.4) is 0 Å².